The van der Waals surface area contributed by atoms with Gasteiger partial charge in [0.2, 0.25) is 5.91 Å². The summed E-state index contributed by atoms with van der Waals surface area (Å²) in [6.45, 7) is 14.5. The summed E-state index contributed by atoms with van der Waals surface area (Å²) in [4.78, 5) is 31.2. The number of carboxylic acid groups (broad SMARTS) is 1. The van der Waals surface area contributed by atoms with Gasteiger partial charge in [0.05, 0.1) is 5.54 Å². The molecule has 3 rings (SSSR count). The zero-order valence-electron chi connectivity index (χ0n) is 21.3. The van der Waals surface area contributed by atoms with Gasteiger partial charge in [-0.2, -0.15) is 0 Å². The van der Waals surface area contributed by atoms with E-state index in [0.29, 0.717) is 17.5 Å². The molecule has 0 spiro atoms. The molecule has 1 heterocycles. The third-order valence-electron chi connectivity index (χ3n) is 6.60. The van der Waals surface area contributed by atoms with Crippen molar-refractivity contribution in [3.8, 4) is 0 Å². The Kier molecular flexibility index (Phi) is 7.61. The first-order valence-corrected chi connectivity index (χ1v) is 16.9. The third kappa shape index (κ3) is 5.62. The minimum atomic E-state index is -1.43. The number of hydrogen-bond acceptors (Lipinski definition) is 5. The van der Waals surface area contributed by atoms with Crippen LogP contribution < -0.4 is 5.73 Å². The first kappa shape index (κ1) is 28.1. The van der Waals surface area contributed by atoms with Gasteiger partial charge in [-0.05, 0) is 37.6 Å². The van der Waals surface area contributed by atoms with Gasteiger partial charge >= 0.3 is 6.09 Å². The van der Waals surface area contributed by atoms with Crippen molar-refractivity contribution in [2.45, 2.75) is 76.3 Å². The molecule has 1 saturated carbocycles. The summed E-state index contributed by atoms with van der Waals surface area (Å²) in [6, 6.07) is 5.42. The minimum absolute atomic E-state index is 0.0971. The maximum Gasteiger partial charge on any atom is 0.415 e. The van der Waals surface area contributed by atoms with Gasteiger partial charge < -0.3 is 15.6 Å². The van der Waals surface area contributed by atoms with Crippen molar-refractivity contribution in [2.75, 3.05) is 6.61 Å². The summed E-state index contributed by atoms with van der Waals surface area (Å²) >= 11 is 4.45. The molecular weight excluding hydrogens is 553 g/mol. The second-order valence-corrected chi connectivity index (χ2v) is 19.7. The number of carbonyl (C=O) groups is 2. The molecule has 1 aliphatic heterocycles. The van der Waals surface area contributed by atoms with Crippen LogP contribution in [0.15, 0.2) is 27.7 Å². The molecule has 1 unspecified atom stereocenters. The fourth-order valence-corrected chi connectivity index (χ4v) is 7.15. The number of benzene rings is 1. The molecule has 4 atom stereocenters. The summed E-state index contributed by atoms with van der Waals surface area (Å²) in [5.74, 6) is -1.39. The van der Waals surface area contributed by atoms with Crippen LogP contribution in [0.5, 0.6) is 0 Å². The summed E-state index contributed by atoms with van der Waals surface area (Å²) in [6.07, 6.45) is -1.73. The largest absolute Gasteiger partial charge is 0.465 e. The van der Waals surface area contributed by atoms with E-state index in [9.17, 15) is 14.7 Å². The lowest BCUT2D eigenvalue weighted by Crippen LogP contribution is -2.54. The first-order chi connectivity index (χ1) is 15.9. The molecule has 35 heavy (non-hydrogen) atoms. The average molecular weight is 589 g/mol. The fourth-order valence-electron chi connectivity index (χ4n) is 4.50. The van der Waals surface area contributed by atoms with Gasteiger partial charge in [0, 0.05) is 36.0 Å². The molecule has 7 nitrogen and oxygen atoms in total. The van der Waals surface area contributed by atoms with Gasteiger partial charge in [-0.1, -0.05) is 68.1 Å². The Balaban J connectivity index is 2.12. The van der Waals surface area contributed by atoms with Crippen LogP contribution in [0, 0.1) is 17.2 Å². The second-order valence-electron chi connectivity index (χ2n) is 11.8. The number of primary amides is 1. The van der Waals surface area contributed by atoms with Gasteiger partial charge in [-0.25, -0.2) is 14.1 Å². The van der Waals surface area contributed by atoms with E-state index in [1.807, 2.05) is 20.8 Å². The maximum absolute atomic E-state index is 15.1. The Morgan fingerprint density at radius 1 is 1.40 bits per heavy atom. The molecule has 194 valence electrons. The van der Waals surface area contributed by atoms with Gasteiger partial charge in [0.25, 0.3) is 0 Å². The number of amides is 2. The number of nitrogens with zero attached hydrogens (tertiary/aromatic N) is 2. The Labute approximate surface area is 220 Å². The molecule has 1 aromatic rings. The number of halogens is 2. The van der Waals surface area contributed by atoms with E-state index >= 15 is 4.39 Å². The SMILES string of the molecule is CC(C)(C)C(OCC[Si](C)(C)C)N(C(=O)O)C1=N[C@](C)(c2cc(Br)ccc2F)[C@@H]2C[C@]2(C(N)=O)S1. The van der Waals surface area contributed by atoms with Crippen molar-refractivity contribution in [2.24, 2.45) is 22.1 Å². The third-order valence-corrected chi connectivity index (χ3v) is 10.3. The first-order valence-electron chi connectivity index (χ1n) is 11.6. The summed E-state index contributed by atoms with van der Waals surface area (Å²) in [7, 11) is -1.43. The molecule has 0 bridgehead atoms. The van der Waals surface area contributed by atoms with Crippen molar-refractivity contribution in [1.29, 1.82) is 0 Å². The lowest BCUT2D eigenvalue weighted by atomic mass is 9.85. The number of nitrogens with two attached hydrogens (primary N) is 1. The number of amidine groups is 1. The van der Waals surface area contributed by atoms with Crippen LogP contribution in [0.2, 0.25) is 25.7 Å². The maximum atomic E-state index is 15.1. The molecule has 0 radical (unpaired) electrons. The zero-order chi connectivity index (χ0) is 26.6. The predicted octanol–water partition coefficient (Wildman–Crippen LogP) is 5.86. The smallest absolute Gasteiger partial charge is 0.415 e. The predicted molar refractivity (Wildman–Crippen MR) is 144 cm³/mol. The Morgan fingerprint density at radius 3 is 2.54 bits per heavy atom. The number of ether oxygens (including phenoxy) is 1. The number of carbonyl (C=O) groups excluding carboxylic acids is 1. The number of aliphatic imine (C=N–C) groups is 1. The molecule has 2 aliphatic rings. The Hall–Kier alpha value is -1.43. The van der Waals surface area contributed by atoms with E-state index < -0.39 is 47.8 Å². The van der Waals surface area contributed by atoms with Gasteiger partial charge in [0.15, 0.2) is 5.17 Å². The van der Waals surface area contributed by atoms with Crippen molar-refractivity contribution >= 4 is 52.9 Å². The van der Waals surface area contributed by atoms with Crippen molar-refractivity contribution in [1.82, 2.24) is 4.90 Å². The molecule has 1 aliphatic carbocycles. The van der Waals surface area contributed by atoms with Crippen LogP contribution in [-0.4, -0.2) is 52.8 Å². The monoisotopic (exact) mass is 587 g/mol. The lowest BCUT2D eigenvalue weighted by molar-refractivity contribution is -0.118. The van der Waals surface area contributed by atoms with Crippen LogP contribution in [0.25, 0.3) is 0 Å². The van der Waals surface area contributed by atoms with Crippen LogP contribution in [-0.2, 0) is 15.1 Å². The highest BCUT2D eigenvalue weighted by atomic mass is 79.9. The van der Waals surface area contributed by atoms with Crippen LogP contribution in [0.1, 0.15) is 39.7 Å². The second kappa shape index (κ2) is 9.46. The minimum Gasteiger partial charge on any atom is -0.465 e. The van der Waals surface area contributed by atoms with E-state index in [0.717, 1.165) is 22.7 Å². The van der Waals surface area contributed by atoms with E-state index in [1.165, 1.54) is 6.07 Å². The summed E-state index contributed by atoms with van der Waals surface area (Å²) < 4.78 is 20.9. The number of fused-ring (bicyclic) bond motifs is 1. The zero-order valence-corrected chi connectivity index (χ0v) is 24.7. The van der Waals surface area contributed by atoms with Crippen molar-refractivity contribution in [3.63, 3.8) is 0 Å². The van der Waals surface area contributed by atoms with E-state index in [-0.39, 0.29) is 16.6 Å². The lowest BCUT2D eigenvalue weighted by Gasteiger charge is -2.42. The van der Waals surface area contributed by atoms with Crippen LogP contribution in [0.3, 0.4) is 0 Å². The molecule has 0 saturated heterocycles. The highest BCUT2D eigenvalue weighted by molar-refractivity contribution is 9.10. The van der Waals surface area contributed by atoms with Gasteiger partial charge in [-0.3, -0.25) is 9.79 Å². The number of rotatable bonds is 7. The molecule has 1 fully saturated rings. The standard InChI is InChI=1S/C24H35BrFN3O4SSi/c1-22(2,3)19(33-10-11-35(5,6)7)29(21(31)32)20-28-23(4,15-12-14(25)8-9-16(15)26)17-13-24(17,34-20)18(27)30/h8-9,12,17,19H,10-11,13H2,1-7H3,(H2,27,30)(H,31,32)/t17-,19?,23+,24-/m0/s1. The van der Waals surface area contributed by atoms with E-state index in [1.54, 1.807) is 19.1 Å². The van der Waals surface area contributed by atoms with Gasteiger partial charge in [0.1, 0.15) is 16.8 Å². The van der Waals surface area contributed by atoms with Crippen molar-refractivity contribution in [3.05, 3.63) is 34.1 Å². The normalized spacial score (nSPS) is 27.0. The van der Waals surface area contributed by atoms with Crippen LogP contribution >= 0.6 is 27.7 Å². The quantitative estimate of drug-likeness (QED) is 0.307. The van der Waals surface area contributed by atoms with Crippen LogP contribution in [0.4, 0.5) is 9.18 Å². The molecule has 2 amide bonds. The Morgan fingerprint density at radius 2 is 2.03 bits per heavy atom. The molecule has 11 heteroatoms. The summed E-state index contributed by atoms with van der Waals surface area (Å²) in [5.41, 5.74) is 4.33. The molecule has 1 aromatic carbocycles. The van der Waals surface area contributed by atoms with E-state index in [2.05, 4.69) is 35.6 Å². The molecular formula is C24H35BrFN3O4SSi. The highest BCUT2D eigenvalue weighted by Gasteiger charge is 2.71. The van der Waals surface area contributed by atoms with Gasteiger partial charge in [-0.15, -0.1) is 0 Å². The Bertz CT molecular complexity index is 1060. The number of hydrogen-bond donors (Lipinski definition) is 2. The highest BCUT2D eigenvalue weighted by Crippen LogP contribution is 2.66. The van der Waals surface area contributed by atoms with Crippen molar-refractivity contribution < 1.29 is 23.8 Å². The molecule has 3 N–H and O–H groups in total. The van der Waals surface area contributed by atoms with E-state index in [4.69, 9.17) is 15.5 Å². The number of thioether (sulfide) groups is 1. The fraction of sp³-hybridized carbons (Fsp3) is 0.625. The average Bonchev–Trinajstić information content (AvgIpc) is 3.44. The molecule has 0 aromatic heterocycles. The topological polar surface area (TPSA) is 105 Å². The summed E-state index contributed by atoms with van der Waals surface area (Å²) in [5, 5.41) is 10.4.